The van der Waals surface area contributed by atoms with Crippen LogP contribution < -0.4 is 10.9 Å². The van der Waals surface area contributed by atoms with Crippen molar-refractivity contribution in [2.75, 3.05) is 0 Å². The van der Waals surface area contributed by atoms with Crippen molar-refractivity contribution in [1.82, 2.24) is 10.3 Å². The molecule has 1 amide bonds. The Hall–Kier alpha value is -1.58. The Morgan fingerprint density at radius 1 is 1.30 bits per heavy atom. The lowest BCUT2D eigenvalue weighted by Gasteiger charge is -2.20. The van der Waals surface area contributed by atoms with Gasteiger partial charge in [-0.1, -0.05) is 19.3 Å². The van der Waals surface area contributed by atoms with Gasteiger partial charge in [0.1, 0.15) is 0 Å². The van der Waals surface area contributed by atoms with Gasteiger partial charge in [0.2, 0.25) is 5.91 Å². The molecule has 1 saturated carbocycles. The lowest BCUT2D eigenvalue weighted by Crippen LogP contribution is -2.29. The summed E-state index contributed by atoms with van der Waals surface area (Å²) in [6, 6.07) is 1.93. The molecular formula is C16H24N2O2. The Bertz CT molecular complexity index is 528. The van der Waals surface area contributed by atoms with Crippen molar-refractivity contribution in [3.8, 4) is 0 Å². The molecule has 1 heterocycles. The molecule has 2 rings (SSSR count). The number of H-pyrrole nitrogens is 1. The van der Waals surface area contributed by atoms with Gasteiger partial charge >= 0.3 is 0 Å². The quantitative estimate of drug-likeness (QED) is 0.888. The number of aromatic nitrogens is 1. The van der Waals surface area contributed by atoms with E-state index in [2.05, 4.69) is 10.3 Å². The number of aryl methyl sites for hydroxylation is 2. The third-order valence-electron chi connectivity index (χ3n) is 4.15. The highest BCUT2D eigenvalue weighted by Gasteiger charge is 2.17. The third kappa shape index (κ3) is 3.95. The van der Waals surface area contributed by atoms with Crippen molar-refractivity contribution < 1.29 is 4.79 Å². The van der Waals surface area contributed by atoms with Gasteiger partial charge in [0.15, 0.2) is 0 Å². The molecule has 20 heavy (non-hydrogen) atoms. The second kappa shape index (κ2) is 6.73. The summed E-state index contributed by atoms with van der Waals surface area (Å²) in [5, 5.41) is 2.89. The van der Waals surface area contributed by atoms with E-state index in [4.69, 9.17) is 0 Å². The van der Waals surface area contributed by atoms with E-state index in [1.807, 2.05) is 19.9 Å². The summed E-state index contributed by atoms with van der Waals surface area (Å²) in [6.07, 6.45) is 6.72. The maximum atomic E-state index is 12.0. The number of pyridine rings is 1. The minimum absolute atomic E-state index is 0.0660. The molecule has 0 bridgehead atoms. The van der Waals surface area contributed by atoms with Crippen molar-refractivity contribution in [3.63, 3.8) is 0 Å². The normalized spacial score (nSPS) is 16.1. The maximum Gasteiger partial charge on any atom is 0.253 e. The molecule has 0 saturated heterocycles. The molecule has 110 valence electrons. The zero-order chi connectivity index (χ0) is 14.5. The van der Waals surface area contributed by atoms with Crippen LogP contribution in [0.3, 0.4) is 0 Å². The highest BCUT2D eigenvalue weighted by atomic mass is 16.1. The van der Waals surface area contributed by atoms with Crippen molar-refractivity contribution in [1.29, 1.82) is 0 Å². The summed E-state index contributed by atoms with van der Waals surface area (Å²) in [6.45, 7) is 4.09. The minimum Gasteiger partial charge on any atom is -0.352 e. The third-order valence-corrected chi connectivity index (χ3v) is 4.15. The monoisotopic (exact) mass is 276 g/mol. The van der Waals surface area contributed by atoms with Crippen LogP contribution in [0.25, 0.3) is 0 Å². The molecule has 1 aromatic rings. The van der Waals surface area contributed by atoms with Gasteiger partial charge < -0.3 is 10.3 Å². The van der Waals surface area contributed by atoms with Crippen LogP contribution in [0.5, 0.6) is 0 Å². The van der Waals surface area contributed by atoms with Crippen molar-refractivity contribution in [2.24, 2.45) is 5.92 Å². The van der Waals surface area contributed by atoms with Crippen molar-refractivity contribution in [3.05, 3.63) is 33.2 Å². The van der Waals surface area contributed by atoms with Crippen LogP contribution in [0.15, 0.2) is 10.9 Å². The first-order valence-electron chi connectivity index (χ1n) is 7.52. The van der Waals surface area contributed by atoms with Crippen LogP contribution in [0.4, 0.5) is 0 Å². The lowest BCUT2D eigenvalue weighted by molar-refractivity contribution is -0.122. The van der Waals surface area contributed by atoms with E-state index in [-0.39, 0.29) is 11.5 Å². The Kier molecular flexibility index (Phi) is 4.99. The van der Waals surface area contributed by atoms with Crippen LogP contribution in [-0.4, -0.2) is 10.9 Å². The van der Waals surface area contributed by atoms with Gasteiger partial charge in [0, 0.05) is 24.2 Å². The van der Waals surface area contributed by atoms with Crippen LogP contribution >= 0.6 is 0 Å². The van der Waals surface area contributed by atoms with E-state index in [9.17, 15) is 9.59 Å². The summed E-state index contributed by atoms with van der Waals surface area (Å²) in [5.41, 5.74) is 2.35. The first-order chi connectivity index (χ1) is 9.56. The molecular weight excluding hydrogens is 252 g/mol. The van der Waals surface area contributed by atoms with Crippen LogP contribution in [-0.2, 0) is 11.3 Å². The highest BCUT2D eigenvalue weighted by molar-refractivity contribution is 5.76. The van der Waals surface area contributed by atoms with Crippen molar-refractivity contribution in [2.45, 2.75) is 58.9 Å². The molecule has 4 heteroatoms. The van der Waals surface area contributed by atoms with E-state index in [0.29, 0.717) is 24.4 Å². The number of amides is 1. The molecule has 0 unspecified atom stereocenters. The summed E-state index contributed by atoms with van der Waals surface area (Å²) < 4.78 is 0. The first kappa shape index (κ1) is 14.8. The lowest BCUT2D eigenvalue weighted by atomic mass is 9.87. The fraction of sp³-hybridized carbons (Fsp3) is 0.625. The van der Waals surface area contributed by atoms with Gasteiger partial charge in [-0.15, -0.1) is 0 Å². The molecule has 0 aliphatic heterocycles. The summed E-state index contributed by atoms with van der Waals surface area (Å²) in [5.74, 6) is 0.595. The molecule has 1 aliphatic rings. The zero-order valence-corrected chi connectivity index (χ0v) is 12.4. The molecule has 0 radical (unpaired) electrons. The summed E-state index contributed by atoms with van der Waals surface area (Å²) in [7, 11) is 0. The van der Waals surface area contributed by atoms with E-state index < -0.39 is 0 Å². The molecule has 1 fully saturated rings. The topological polar surface area (TPSA) is 62.0 Å². The summed E-state index contributed by atoms with van der Waals surface area (Å²) in [4.78, 5) is 26.6. The molecule has 1 aliphatic carbocycles. The molecule has 2 N–H and O–H groups in total. The largest absolute Gasteiger partial charge is 0.352 e. The van der Waals surface area contributed by atoms with E-state index in [1.54, 1.807) is 0 Å². The van der Waals surface area contributed by atoms with Gasteiger partial charge in [-0.05, 0) is 44.2 Å². The Balaban J connectivity index is 1.88. The molecule has 0 spiro atoms. The second-order valence-electron chi connectivity index (χ2n) is 5.93. The van der Waals surface area contributed by atoms with Crippen LogP contribution in [0.1, 0.15) is 55.3 Å². The number of nitrogens with one attached hydrogen (secondary N) is 2. The average Bonchev–Trinajstić information content (AvgIpc) is 2.38. The Morgan fingerprint density at radius 3 is 2.65 bits per heavy atom. The minimum atomic E-state index is -0.0968. The van der Waals surface area contributed by atoms with Crippen molar-refractivity contribution >= 4 is 5.91 Å². The van der Waals surface area contributed by atoms with Crippen LogP contribution in [0, 0.1) is 19.8 Å². The predicted octanol–water partition coefficient (Wildman–Crippen LogP) is 2.58. The molecule has 0 aromatic carbocycles. The molecule has 1 aromatic heterocycles. The SMILES string of the molecule is Cc1cc(C)c(CNC(=O)CC2CCCCC2)c(=O)[nH]1. The fourth-order valence-corrected chi connectivity index (χ4v) is 3.01. The number of carbonyl (C=O) groups is 1. The standard InChI is InChI=1S/C16H24N2O2/c1-11-8-12(2)18-16(20)14(11)10-17-15(19)9-13-6-4-3-5-7-13/h8,13H,3-7,9-10H2,1-2H3,(H,17,19)(H,18,20). The average molecular weight is 276 g/mol. The molecule has 0 atom stereocenters. The smallest absolute Gasteiger partial charge is 0.253 e. The van der Waals surface area contributed by atoms with Gasteiger partial charge in [0.25, 0.3) is 5.56 Å². The first-order valence-corrected chi connectivity index (χ1v) is 7.52. The van der Waals surface area contributed by atoms with E-state index >= 15 is 0 Å². The number of hydrogen-bond acceptors (Lipinski definition) is 2. The van der Waals surface area contributed by atoms with Gasteiger partial charge in [-0.3, -0.25) is 9.59 Å². The number of carbonyl (C=O) groups excluding carboxylic acids is 1. The van der Waals surface area contributed by atoms with Crippen LogP contribution in [0.2, 0.25) is 0 Å². The molecule has 4 nitrogen and oxygen atoms in total. The highest BCUT2D eigenvalue weighted by Crippen LogP contribution is 2.26. The number of rotatable bonds is 4. The predicted molar refractivity (Wildman–Crippen MR) is 79.6 cm³/mol. The van der Waals surface area contributed by atoms with Gasteiger partial charge in [-0.25, -0.2) is 0 Å². The van der Waals surface area contributed by atoms with Gasteiger partial charge in [0.05, 0.1) is 0 Å². The number of aromatic amines is 1. The summed E-state index contributed by atoms with van der Waals surface area (Å²) >= 11 is 0. The van der Waals surface area contributed by atoms with E-state index in [0.717, 1.165) is 24.1 Å². The fourth-order valence-electron chi connectivity index (χ4n) is 3.01. The second-order valence-corrected chi connectivity index (χ2v) is 5.93. The van der Waals surface area contributed by atoms with Gasteiger partial charge in [-0.2, -0.15) is 0 Å². The Labute approximate surface area is 120 Å². The number of hydrogen-bond donors (Lipinski definition) is 2. The maximum absolute atomic E-state index is 12.0. The van der Waals surface area contributed by atoms with E-state index in [1.165, 1.54) is 19.3 Å². The zero-order valence-electron chi connectivity index (χ0n) is 12.4. The Morgan fingerprint density at radius 2 is 2.00 bits per heavy atom.